The highest BCUT2D eigenvalue weighted by Gasteiger charge is 2.14. The lowest BCUT2D eigenvalue weighted by molar-refractivity contribution is 1.11. The van der Waals surface area contributed by atoms with E-state index >= 15 is 0 Å². The van der Waals surface area contributed by atoms with Crippen molar-refractivity contribution in [1.29, 1.82) is 0 Å². The largest absolute Gasteiger partial charge is 0.378 e. The van der Waals surface area contributed by atoms with Crippen molar-refractivity contribution in [2.45, 2.75) is 20.4 Å². The number of anilines is 1. The summed E-state index contributed by atoms with van der Waals surface area (Å²) < 4.78 is 8.50. The number of fused-ring (bicyclic) bond motifs is 1. The van der Waals surface area contributed by atoms with Crippen LogP contribution in [0.4, 0.5) is 5.69 Å². The number of nitrogens with one attached hydrogen (secondary N) is 1. The van der Waals surface area contributed by atoms with E-state index in [0.717, 1.165) is 22.9 Å². The highest BCUT2D eigenvalue weighted by molar-refractivity contribution is 7.00. The van der Waals surface area contributed by atoms with Crippen molar-refractivity contribution in [1.82, 2.24) is 8.75 Å². The monoisotopic (exact) mass is 337 g/mol. The number of hydrogen-bond donors (Lipinski definition) is 1. The summed E-state index contributed by atoms with van der Waals surface area (Å²) in [5.74, 6) is 0. The number of rotatable bonds is 3. The Hall–Kier alpha value is -1.36. The molecule has 0 saturated carbocycles. The Balaban J connectivity index is 1.95. The van der Waals surface area contributed by atoms with E-state index in [-0.39, 0.29) is 0 Å². The molecule has 3 rings (SSSR count). The predicted molar refractivity (Wildman–Crippen MR) is 90.7 cm³/mol. The summed E-state index contributed by atoms with van der Waals surface area (Å²) in [6.07, 6.45) is 0. The quantitative estimate of drug-likeness (QED) is 0.711. The lowest BCUT2D eigenvalue weighted by Crippen LogP contribution is -2.03. The van der Waals surface area contributed by atoms with Gasteiger partial charge in [-0.05, 0) is 36.6 Å². The van der Waals surface area contributed by atoms with Crippen LogP contribution in [-0.4, -0.2) is 8.75 Å². The molecule has 1 N–H and O–H groups in total. The van der Waals surface area contributed by atoms with Gasteiger partial charge in [-0.25, -0.2) is 0 Å². The molecule has 0 fully saturated rings. The molecule has 0 aliphatic rings. The van der Waals surface area contributed by atoms with Crippen LogP contribution >= 0.6 is 34.9 Å². The standard InChI is InChI=1S/C15H13Cl2N3S/c1-8-4-3-5-10(9(8)2)7-18-13-11(16)6-12(17)14-15(13)20-21-19-14/h3-6,18H,7H2,1-2H3. The smallest absolute Gasteiger partial charge is 0.130 e. The van der Waals surface area contributed by atoms with Crippen LogP contribution in [-0.2, 0) is 6.54 Å². The highest BCUT2D eigenvalue weighted by Crippen LogP contribution is 2.35. The third-order valence-electron chi connectivity index (χ3n) is 3.62. The highest BCUT2D eigenvalue weighted by atomic mass is 35.5. The van der Waals surface area contributed by atoms with Gasteiger partial charge in [-0.1, -0.05) is 41.4 Å². The van der Waals surface area contributed by atoms with E-state index in [9.17, 15) is 0 Å². The van der Waals surface area contributed by atoms with Crippen molar-refractivity contribution in [2.75, 3.05) is 5.32 Å². The van der Waals surface area contributed by atoms with E-state index in [2.05, 4.69) is 46.1 Å². The van der Waals surface area contributed by atoms with Gasteiger partial charge in [0.05, 0.1) is 27.5 Å². The fourth-order valence-electron chi connectivity index (χ4n) is 2.23. The molecule has 1 heterocycles. The minimum atomic E-state index is 0.529. The maximum Gasteiger partial charge on any atom is 0.130 e. The number of benzene rings is 2. The molecule has 0 spiro atoms. The Morgan fingerprint density at radius 3 is 2.67 bits per heavy atom. The number of aryl methyl sites for hydroxylation is 1. The van der Waals surface area contributed by atoms with E-state index in [1.165, 1.54) is 16.7 Å². The van der Waals surface area contributed by atoms with Crippen LogP contribution in [0.15, 0.2) is 24.3 Å². The van der Waals surface area contributed by atoms with E-state index in [4.69, 9.17) is 23.2 Å². The Kier molecular flexibility index (Phi) is 4.02. The number of hydrogen-bond acceptors (Lipinski definition) is 4. The first-order chi connectivity index (χ1) is 10.1. The number of aromatic nitrogens is 2. The van der Waals surface area contributed by atoms with Crippen LogP contribution < -0.4 is 5.32 Å². The lowest BCUT2D eigenvalue weighted by Gasteiger charge is -2.12. The van der Waals surface area contributed by atoms with Gasteiger partial charge in [-0.15, -0.1) is 0 Å². The van der Waals surface area contributed by atoms with E-state index in [1.807, 2.05) is 0 Å². The van der Waals surface area contributed by atoms with Gasteiger partial charge in [0.1, 0.15) is 11.0 Å². The molecule has 6 heteroatoms. The molecule has 0 bridgehead atoms. The van der Waals surface area contributed by atoms with Gasteiger partial charge >= 0.3 is 0 Å². The summed E-state index contributed by atoms with van der Waals surface area (Å²) in [4.78, 5) is 0. The molecular formula is C15H13Cl2N3S. The van der Waals surface area contributed by atoms with Gasteiger partial charge < -0.3 is 5.32 Å². The summed E-state index contributed by atoms with van der Waals surface area (Å²) in [5.41, 5.74) is 5.99. The molecule has 0 aliphatic heterocycles. The molecule has 21 heavy (non-hydrogen) atoms. The van der Waals surface area contributed by atoms with Gasteiger partial charge in [0.15, 0.2) is 0 Å². The molecule has 3 aromatic rings. The maximum absolute atomic E-state index is 6.29. The van der Waals surface area contributed by atoms with Crippen LogP contribution in [0.1, 0.15) is 16.7 Å². The molecular weight excluding hydrogens is 325 g/mol. The predicted octanol–water partition coefficient (Wildman–Crippen LogP) is 5.23. The van der Waals surface area contributed by atoms with E-state index < -0.39 is 0 Å². The first kappa shape index (κ1) is 14.6. The Morgan fingerprint density at radius 1 is 1.10 bits per heavy atom. The minimum absolute atomic E-state index is 0.529. The van der Waals surface area contributed by atoms with Crippen molar-refractivity contribution in [3.63, 3.8) is 0 Å². The second kappa shape index (κ2) is 5.79. The molecule has 0 amide bonds. The average molecular weight is 338 g/mol. The normalized spacial score (nSPS) is 11.0. The first-order valence-electron chi connectivity index (χ1n) is 6.47. The summed E-state index contributed by atoms with van der Waals surface area (Å²) in [6.45, 7) is 4.91. The summed E-state index contributed by atoms with van der Waals surface area (Å²) in [5, 5.41) is 4.46. The Bertz CT molecular complexity index is 814. The SMILES string of the molecule is Cc1cccc(CNc2c(Cl)cc(Cl)c3nsnc23)c1C. The van der Waals surface area contributed by atoms with Crippen LogP contribution in [0.3, 0.4) is 0 Å². The van der Waals surface area contributed by atoms with Crippen molar-refractivity contribution < 1.29 is 0 Å². The van der Waals surface area contributed by atoms with E-state index in [0.29, 0.717) is 22.1 Å². The zero-order valence-electron chi connectivity index (χ0n) is 11.6. The van der Waals surface area contributed by atoms with Crippen LogP contribution in [0.25, 0.3) is 11.0 Å². The molecule has 0 saturated heterocycles. The molecule has 0 aliphatic carbocycles. The van der Waals surface area contributed by atoms with Gasteiger partial charge in [-0.3, -0.25) is 0 Å². The van der Waals surface area contributed by atoms with Crippen LogP contribution in [0.5, 0.6) is 0 Å². The zero-order valence-corrected chi connectivity index (χ0v) is 13.9. The van der Waals surface area contributed by atoms with Gasteiger partial charge in [0.25, 0.3) is 0 Å². The summed E-state index contributed by atoms with van der Waals surface area (Å²) >= 11 is 13.6. The average Bonchev–Trinajstić information content (AvgIpc) is 2.92. The van der Waals surface area contributed by atoms with Gasteiger partial charge in [0, 0.05) is 6.54 Å². The summed E-state index contributed by atoms with van der Waals surface area (Å²) in [6, 6.07) is 7.98. The zero-order chi connectivity index (χ0) is 15.0. The molecule has 1 aromatic heterocycles. The van der Waals surface area contributed by atoms with Crippen molar-refractivity contribution in [3.8, 4) is 0 Å². The number of nitrogens with zero attached hydrogens (tertiary/aromatic N) is 2. The molecule has 2 aromatic carbocycles. The summed E-state index contributed by atoms with van der Waals surface area (Å²) in [7, 11) is 0. The van der Waals surface area contributed by atoms with Crippen molar-refractivity contribution >= 4 is 51.7 Å². The van der Waals surface area contributed by atoms with Crippen LogP contribution in [0, 0.1) is 13.8 Å². The molecule has 0 atom stereocenters. The van der Waals surface area contributed by atoms with E-state index in [1.54, 1.807) is 6.07 Å². The fraction of sp³-hybridized carbons (Fsp3) is 0.200. The van der Waals surface area contributed by atoms with Gasteiger partial charge in [-0.2, -0.15) is 8.75 Å². The second-order valence-electron chi connectivity index (χ2n) is 4.89. The molecule has 0 unspecified atom stereocenters. The number of halogens is 2. The lowest BCUT2D eigenvalue weighted by atomic mass is 10.0. The van der Waals surface area contributed by atoms with Crippen molar-refractivity contribution in [2.24, 2.45) is 0 Å². The van der Waals surface area contributed by atoms with Gasteiger partial charge in [0.2, 0.25) is 0 Å². The first-order valence-corrected chi connectivity index (χ1v) is 7.96. The third kappa shape index (κ3) is 2.71. The van der Waals surface area contributed by atoms with Crippen LogP contribution in [0.2, 0.25) is 10.0 Å². The Labute approximate surface area is 137 Å². The minimum Gasteiger partial charge on any atom is -0.378 e. The molecule has 0 radical (unpaired) electrons. The molecule has 108 valence electrons. The third-order valence-corrected chi connectivity index (χ3v) is 4.73. The maximum atomic E-state index is 6.29. The Morgan fingerprint density at radius 2 is 1.86 bits per heavy atom. The second-order valence-corrected chi connectivity index (χ2v) is 6.23. The fourth-order valence-corrected chi connectivity index (χ4v) is 3.41. The molecule has 3 nitrogen and oxygen atoms in total. The topological polar surface area (TPSA) is 37.8 Å². The van der Waals surface area contributed by atoms with Crippen molar-refractivity contribution in [3.05, 3.63) is 51.0 Å².